The van der Waals surface area contributed by atoms with Gasteiger partial charge in [0.2, 0.25) is 0 Å². The van der Waals surface area contributed by atoms with Crippen LogP contribution >= 0.6 is 0 Å². The maximum atomic E-state index is 12.0. The van der Waals surface area contributed by atoms with Crippen molar-refractivity contribution in [1.29, 1.82) is 0 Å². The van der Waals surface area contributed by atoms with Gasteiger partial charge < -0.3 is 10.0 Å². The first-order valence-corrected chi connectivity index (χ1v) is 6.61. The van der Waals surface area contributed by atoms with E-state index in [-0.39, 0.29) is 5.41 Å². The number of nitrogens with zero attached hydrogens (tertiary/aromatic N) is 1. The summed E-state index contributed by atoms with van der Waals surface area (Å²) in [6.45, 7) is 1.04. The number of carbonyl (C=O) groups is 1. The molecule has 3 rings (SSSR count). The highest BCUT2D eigenvalue weighted by Crippen LogP contribution is 2.45. The molecule has 96 valence electrons. The van der Waals surface area contributed by atoms with E-state index in [9.17, 15) is 9.90 Å². The number of phenols is 1. The standard InChI is InChI=1S/C15H19NO2/c1-16-6-5-15(9-12(16)8-14(18)10-15)11-3-2-4-13(17)7-11/h2-4,7,12,17H,5-6,8-10H2,1H3/t12-,15+/m0/s1. The molecule has 2 atom stereocenters. The average molecular weight is 245 g/mol. The van der Waals surface area contributed by atoms with Crippen molar-refractivity contribution < 1.29 is 9.90 Å². The first kappa shape index (κ1) is 11.7. The van der Waals surface area contributed by atoms with Crippen molar-refractivity contribution in [1.82, 2.24) is 4.90 Å². The fourth-order valence-corrected chi connectivity index (χ4v) is 3.58. The molecule has 3 nitrogen and oxygen atoms in total. The minimum atomic E-state index is -0.0365. The van der Waals surface area contributed by atoms with Crippen LogP contribution in [0, 0.1) is 0 Å². The molecule has 0 aromatic heterocycles. The third-order valence-corrected chi connectivity index (χ3v) is 4.65. The summed E-state index contributed by atoms with van der Waals surface area (Å²) in [4.78, 5) is 14.3. The predicted molar refractivity (Wildman–Crippen MR) is 69.7 cm³/mol. The molecule has 1 aromatic rings. The van der Waals surface area contributed by atoms with Crippen LogP contribution in [0.2, 0.25) is 0 Å². The van der Waals surface area contributed by atoms with Crippen LogP contribution in [0.1, 0.15) is 31.2 Å². The largest absolute Gasteiger partial charge is 0.508 e. The summed E-state index contributed by atoms with van der Waals surface area (Å²) >= 11 is 0. The van der Waals surface area contributed by atoms with E-state index in [4.69, 9.17) is 0 Å². The summed E-state index contributed by atoms with van der Waals surface area (Å²) in [5.74, 6) is 0.663. The maximum absolute atomic E-state index is 12.0. The van der Waals surface area contributed by atoms with E-state index in [0.29, 0.717) is 30.4 Å². The van der Waals surface area contributed by atoms with Crippen molar-refractivity contribution in [3.8, 4) is 5.75 Å². The number of rotatable bonds is 1. The summed E-state index contributed by atoms with van der Waals surface area (Å²) < 4.78 is 0. The smallest absolute Gasteiger partial charge is 0.135 e. The Bertz CT molecular complexity index is 485. The number of phenolic OH excluding ortho intramolecular Hbond substituents is 1. The lowest BCUT2D eigenvalue weighted by Gasteiger charge is -2.49. The molecule has 2 aliphatic rings. The van der Waals surface area contributed by atoms with E-state index in [2.05, 4.69) is 18.0 Å². The molecule has 18 heavy (non-hydrogen) atoms. The van der Waals surface area contributed by atoms with Crippen LogP contribution in [0.5, 0.6) is 5.75 Å². The van der Waals surface area contributed by atoms with Gasteiger partial charge >= 0.3 is 0 Å². The molecule has 1 heterocycles. The summed E-state index contributed by atoms with van der Waals surface area (Å²) in [6.07, 6.45) is 3.38. The van der Waals surface area contributed by atoms with E-state index < -0.39 is 0 Å². The summed E-state index contributed by atoms with van der Waals surface area (Å²) in [5, 5.41) is 9.66. The molecule has 0 amide bonds. The van der Waals surface area contributed by atoms with E-state index in [1.54, 1.807) is 6.07 Å². The number of hydrogen-bond donors (Lipinski definition) is 1. The number of Topliss-reactive ketones (excluding diaryl/α,β-unsaturated/α-hetero) is 1. The summed E-state index contributed by atoms with van der Waals surface area (Å²) in [5.41, 5.74) is 1.10. The Hall–Kier alpha value is -1.35. The number of likely N-dealkylation sites (tertiary alicyclic amines) is 1. The molecule has 1 N–H and O–H groups in total. The SMILES string of the molecule is CN1CC[C@]2(c3cccc(O)c3)CC(=O)C[C@H]1C2. The highest BCUT2D eigenvalue weighted by Gasteiger charge is 2.45. The van der Waals surface area contributed by atoms with Gasteiger partial charge in [-0.2, -0.15) is 0 Å². The quantitative estimate of drug-likeness (QED) is 0.823. The third kappa shape index (κ3) is 1.83. The van der Waals surface area contributed by atoms with Crippen LogP contribution in [0.25, 0.3) is 0 Å². The van der Waals surface area contributed by atoms with E-state index in [1.165, 1.54) is 0 Å². The van der Waals surface area contributed by atoms with Crippen LogP contribution in [-0.2, 0) is 10.2 Å². The van der Waals surface area contributed by atoms with Gasteiger partial charge in [0.05, 0.1) is 0 Å². The second-order valence-corrected chi connectivity index (χ2v) is 5.84. The Balaban J connectivity index is 2.00. The number of ketones is 1. The van der Waals surface area contributed by atoms with Gasteiger partial charge in [-0.05, 0) is 44.1 Å². The summed E-state index contributed by atoms with van der Waals surface area (Å²) in [6, 6.07) is 7.84. The van der Waals surface area contributed by atoms with Crippen LogP contribution in [0.4, 0.5) is 0 Å². The van der Waals surface area contributed by atoms with E-state index in [1.807, 2.05) is 12.1 Å². The lowest BCUT2D eigenvalue weighted by Crippen LogP contribution is -2.52. The summed E-state index contributed by atoms with van der Waals surface area (Å²) in [7, 11) is 2.11. The van der Waals surface area contributed by atoms with Crippen LogP contribution < -0.4 is 0 Å². The molecule has 1 aliphatic carbocycles. The molecular weight excluding hydrogens is 226 g/mol. The van der Waals surface area contributed by atoms with Gasteiger partial charge in [0.25, 0.3) is 0 Å². The Morgan fingerprint density at radius 3 is 3.06 bits per heavy atom. The van der Waals surface area contributed by atoms with Crippen molar-refractivity contribution in [2.75, 3.05) is 13.6 Å². The van der Waals surface area contributed by atoms with Crippen molar-refractivity contribution in [2.45, 2.75) is 37.1 Å². The van der Waals surface area contributed by atoms with Crippen LogP contribution in [0.3, 0.4) is 0 Å². The molecule has 0 unspecified atom stereocenters. The van der Waals surface area contributed by atoms with Gasteiger partial charge in [-0.15, -0.1) is 0 Å². The number of fused-ring (bicyclic) bond motifs is 2. The molecule has 3 heteroatoms. The molecule has 2 bridgehead atoms. The number of piperidine rings is 1. The maximum Gasteiger partial charge on any atom is 0.135 e. The van der Waals surface area contributed by atoms with Gasteiger partial charge in [0.1, 0.15) is 11.5 Å². The average Bonchev–Trinajstić information content (AvgIpc) is 2.34. The molecule has 2 fully saturated rings. The highest BCUT2D eigenvalue weighted by atomic mass is 16.3. The van der Waals surface area contributed by atoms with Gasteiger partial charge in [-0.25, -0.2) is 0 Å². The van der Waals surface area contributed by atoms with Crippen LogP contribution in [-0.4, -0.2) is 35.4 Å². The Labute approximate surface area is 107 Å². The van der Waals surface area contributed by atoms with Gasteiger partial charge in [0, 0.05) is 24.3 Å². The zero-order valence-corrected chi connectivity index (χ0v) is 10.7. The zero-order valence-electron chi connectivity index (χ0n) is 10.7. The Morgan fingerprint density at radius 2 is 2.28 bits per heavy atom. The molecule has 1 aliphatic heterocycles. The second-order valence-electron chi connectivity index (χ2n) is 5.84. The third-order valence-electron chi connectivity index (χ3n) is 4.65. The normalized spacial score (nSPS) is 32.5. The minimum absolute atomic E-state index is 0.0365. The molecular formula is C15H19NO2. The van der Waals surface area contributed by atoms with Crippen molar-refractivity contribution in [2.24, 2.45) is 0 Å². The van der Waals surface area contributed by atoms with Crippen LogP contribution in [0.15, 0.2) is 24.3 Å². The first-order chi connectivity index (χ1) is 8.59. The van der Waals surface area contributed by atoms with E-state index >= 15 is 0 Å². The lowest BCUT2D eigenvalue weighted by atomic mass is 9.63. The number of benzene rings is 1. The fourth-order valence-electron chi connectivity index (χ4n) is 3.58. The first-order valence-electron chi connectivity index (χ1n) is 6.61. The number of hydrogen-bond acceptors (Lipinski definition) is 3. The number of carbonyl (C=O) groups excluding carboxylic acids is 1. The van der Waals surface area contributed by atoms with Gasteiger partial charge in [-0.3, -0.25) is 4.79 Å². The topological polar surface area (TPSA) is 40.5 Å². The molecule has 1 aromatic carbocycles. The molecule has 0 spiro atoms. The van der Waals surface area contributed by atoms with Gasteiger partial charge in [0.15, 0.2) is 0 Å². The van der Waals surface area contributed by atoms with Crippen molar-refractivity contribution in [3.05, 3.63) is 29.8 Å². The molecule has 1 saturated carbocycles. The van der Waals surface area contributed by atoms with E-state index in [0.717, 1.165) is 24.9 Å². The Kier molecular flexibility index (Phi) is 2.67. The second kappa shape index (κ2) is 4.09. The lowest BCUT2D eigenvalue weighted by molar-refractivity contribution is -0.126. The zero-order chi connectivity index (χ0) is 12.8. The van der Waals surface area contributed by atoms with Crippen molar-refractivity contribution in [3.63, 3.8) is 0 Å². The van der Waals surface area contributed by atoms with Crippen molar-refractivity contribution >= 4 is 5.78 Å². The fraction of sp³-hybridized carbons (Fsp3) is 0.533. The monoisotopic (exact) mass is 245 g/mol. The minimum Gasteiger partial charge on any atom is -0.508 e. The molecule has 1 saturated heterocycles. The predicted octanol–water partition coefficient (Wildman–Crippen LogP) is 2.09. The molecule has 0 radical (unpaired) electrons. The number of aromatic hydroxyl groups is 1. The highest BCUT2D eigenvalue weighted by molar-refractivity contribution is 5.82. The Morgan fingerprint density at radius 1 is 1.44 bits per heavy atom. The van der Waals surface area contributed by atoms with Gasteiger partial charge in [-0.1, -0.05) is 12.1 Å².